The third-order valence-corrected chi connectivity index (χ3v) is 5.42. The molecule has 140 valence electrons. The fourth-order valence-corrected chi connectivity index (χ4v) is 3.86. The van der Waals surface area contributed by atoms with E-state index in [1.165, 1.54) is 11.1 Å². The summed E-state index contributed by atoms with van der Waals surface area (Å²) in [6.45, 7) is 5.27. The van der Waals surface area contributed by atoms with Gasteiger partial charge in [0.15, 0.2) is 5.52 Å². The third-order valence-electron chi connectivity index (χ3n) is 5.42. The van der Waals surface area contributed by atoms with Gasteiger partial charge in [-0.3, -0.25) is 0 Å². The molecule has 0 bridgehead atoms. The zero-order chi connectivity index (χ0) is 19.3. The zero-order valence-electron chi connectivity index (χ0n) is 15.9. The van der Waals surface area contributed by atoms with Crippen molar-refractivity contribution in [2.24, 2.45) is 0 Å². The minimum Gasteiger partial charge on any atom is -0.386 e. The highest BCUT2D eigenvalue weighted by atomic mass is 16.6. The molecule has 5 heteroatoms. The maximum absolute atomic E-state index is 10.4. The molecule has 5 nitrogen and oxygen atoms in total. The van der Waals surface area contributed by atoms with E-state index in [1.807, 2.05) is 30.3 Å². The molecule has 0 fully saturated rings. The molecule has 0 atom stereocenters. The van der Waals surface area contributed by atoms with Crippen LogP contribution in [-0.2, 0) is 18.7 Å². The van der Waals surface area contributed by atoms with Crippen molar-refractivity contribution >= 4 is 16.7 Å². The quantitative estimate of drug-likeness (QED) is 0.568. The molecule has 1 aromatic heterocycles. The maximum Gasteiger partial charge on any atom is 0.158 e. The van der Waals surface area contributed by atoms with Crippen LogP contribution >= 0.6 is 0 Å². The Kier molecular flexibility index (Phi) is 3.74. The fraction of sp³-hybridized carbons (Fsp3) is 0.217. The number of hydrogen-bond acceptors (Lipinski definition) is 5. The Labute approximate surface area is 163 Å². The summed E-state index contributed by atoms with van der Waals surface area (Å²) in [5, 5.41) is 18.6. The Morgan fingerprint density at radius 3 is 2.36 bits per heavy atom. The molecule has 0 unspecified atom stereocenters. The first kappa shape index (κ1) is 17.0. The molecule has 0 saturated heterocycles. The lowest BCUT2D eigenvalue weighted by molar-refractivity contribution is 0.0786. The minimum absolute atomic E-state index is 0.733. The zero-order valence-corrected chi connectivity index (χ0v) is 15.9. The summed E-state index contributed by atoms with van der Waals surface area (Å²) >= 11 is 0. The first-order valence-corrected chi connectivity index (χ1v) is 9.40. The first-order chi connectivity index (χ1) is 13.5. The van der Waals surface area contributed by atoms with Crippen LogP contribution in [0, 0.1) is 0 Å². The smallest absolute Gasteiger partial charge is 0.158 e. The number of hydrogen-bond donors (Lipinski definition) is 1. The number of anilines is 1. The van der Waals surface area contributed by atoms with Crippen LogP contribution in [0.15, 0.2) is 65.3 Å². The average Bonchev–Trinajstić information content (AvgIpc) is 3.33. The first-order valence-electron chi connectivity index (χ1n) is 9.40. The van der Waals surface area contributed by atoms with E-state index in [1.54, 1.807) is 13.8 Å². The Morgan fingerprint density at radius 2 is 1.64 bits per heavy atom. The van der Waals surface area contributed by atoms with Gasteiger partial charge in [-0.25, -0.2) is 4.63 Å². The molecule has 0 saturated carbocycles. The van der Waals surface area contributed by atoms with Crippen molar-refractivity contribution < 1.29 is 9.74 Å². The summed E-state index contributed by atoms with van der Waals surface area (Å²) in [5.74, 6) is 0. The Bertz CT molecular complexity index is 1150. The van der Waals surface area contributed by atoms with E-state index in [4.69, 9.17) is 4.63 Å². The van der Waals surface area contributed by atoms with Gasteiger partial charge in [0.05, 0.1) is 11.3 Å². The lowest BCUT2D eigenvalue weighted by Gasteiger charge is -2.20. The van der Waals surface area contributed by atoms with E-state index in [-0.39, 0.29) is 0 Å². The second-order valence-corrected chi connectivity index (χ2v) is 7.89. The van der Waals surface area contributed by atoms with Crippen molar-refractivity contribution in [3.8, 4) is 11.1 Å². The number of rotatable bonds is 3. The Balaban J connectivity index is 1.62. The van der Waals surface area contributed by atoms with Gasteiger partial charge in [-0.15, -0.1) is 0 Å². The minimum atomic E-state index is -0.894. The van der Waals surface area contributed by atoms with Gasteiger partial charge in [0, 0.05) is 13.1 Å². The standard InChI is InChI=1S/C23H21N3O2/c1-23(2,27)19-9-5-8-15(10-19)18-11-20-22(25-28-24-20)21(12-18)26-13-16-6-3-4-7-17(16)14-26/h3-12,27H,13-14H2,1-2H3. The van der Waals surface area contributed by atoms with E-state index < -0.39 is 5.60 Å². The van der Waals surface area contributed by atoms with Gasteiger partial charge in [0.25, 0.3) is 0 Å². The highest BCUT2D eigenvalue weighted by Crippen LogP contribution is 2.36. The van der Waals surface area contributed by atoms with E-state index in [9.17, 15) is 5.11 Å². The average molecular weight is 371 g/mol. The summed E-state index contributed by atoms with van der Waals surface area (Å²) in [6, 6.07) is 20.6. The number of benzene rings is 3. The van der Waals surface area contributed by atoms with Crippen molar-refractivity contribution in [2.45, 2.75) is 32.5 Å². The van der Waals surface area contributed by atoms with Crippen molar-refractivity contribution in [1.29, 1.82) is 0 Å². The lowest BCUT2D eigenvalue weighted by Crippen LogP contribution is -2.15. The van der Waals surface area contributed by atoms with Crippen LogP contribution < -0.4 is 4.90 Å². The van der Waals surface area contributed by atoms with Gasteiger partial charge < -0.3 is 10.0 Å². The van der Waals surface area contributed by atoms with Crippen LogP contribution in [0.3, 0.4) is 0 Å². The number of fused-ring (bicyclic) bond motifs is 2. The number of nitrogens with zero attached hydrogens (tertiary/aromatic N) is 3. The second kappa shape index (κ2) is 6.17. The summed E-state index contributed by atoms with van der Waals surface area (Å²) < 4.78 is 5.04. The van der Waals surface area contributed by atoms with Gasteiger partial charge in [-0.05, 0) is 70.2 Å². The SMILES string of the molecule is CC(C)(O)c1cccc(-c2cc(N3Cc4ccccc4C3)c3nonc3c2)c1. The largest absolute Gasteiger partial charge is 0.386 e. The van der Waals surface area contributed by atoms with Crippen molar-refractivity contribution in [3.05, 3.63) is 77.4 Å². The van der Waals surface area contributed by atoms with Crippen molar-refractivity contribution in [3.63, 3.8) is 0 Å². The van der Waals surface area contributed by atoms with E-state index in [2.05, 4.69) is 45.5 Å². The number of aromatic nitrogens is 2. The molecule has 4 aromatic rings. The van der Waals surface area contributed by atoms with Crippen LogP contribution in [0.4, 0.5) is 5.69 Å². The summed E-state index contributed by atoms with van der Waals surface area (Å²) in [5.41, 5.74) is 7.23. The molecule has 0 aliphatic carbocycles. The highest BCUT2D eigenvalue weighted by molar-refractivity contribution is 5.93. The summed E-state index contributed by atoms with van der Waals surface area (Å²) in [4.78, 5) is 2.31. The highest BCUT2D eigenvalue weighted by Gasteiger charge is 2.23. The molecule has 1 aliphatic rings. The van der Waals surface area contributed by atoms with Gasteiger partial charge in [0.2, 0.25) is 0 Å². The van der Waals surface area contributed by atoms with Gasteiger partial charge in [-0.2, -0.15) is 0 Å². The molecule has 2 heterocycles. The molecule has 5 rings (SSSR count). The maximum atomic E-state index is 10.4. The van der Waals surface area contributed by atoms with Crippen LogP contribution in [0.5, 0.6) is 0 Å². The molecule has 0 spiro atoms. The van der Waals surface area contributed by atoms with E-state index >= 15 is 0 Å². The monoisotopic (exact) mass is 371 g/mol. The number of aliphatic hydroxyl groups is 1. The molecular formula is C23H21N3O2. The summed E-state index contributed by atoms with van der Waals surface area (Å²) in [6.07, 6.45) is 0. The Hall–Kier alpha value is -3.18. The van der Waals surface area contributed by atoms with Crippen LogP contribution in [0.1, 0.15) is 30.5 Å². The Morgan fingerprint density at radius 1 is 0.893 bits per heavy atom. The third kappa shape index (κ3) is 2.84. The molecule has 28 heavy (non-hydrogen) atoms. The molecule has 0 radical (unpaired) electrons. The topological polar surface area (TPSA) is 62.4 Å². The van der Waals surface area contributed by atoms with E-state index in [0.717, 1.165) is 46.5 Å². The second-order valence-electron chi connectivity index (χ2n) is 7.89. The van der Waals surface area contributed by atoms with E-state index in [0.29, 0.717) is 0 Å². The van der Waals surface area contributed by atoms with Gasteiger partial charge in [-0.1, -0.05) is 42.5 Å². The summed E-state index contributed by atoms with van der Waals surface area (Å²) in [7, 11) is 0. The predicted molar refractivity (Wildman–Crippen MR) is 109 cm³/mol. The van der Waals surface area contributed by atoms with Crippen LogP contribution in [0.2, 0.25) is 0 Å². The molecular weight excluding hydrogens is 350 g/mol. The molecule has 3 aromatic carbocycles. The fourth-order valence-electron chi connectivity index (χ4n) is 3.86. The van der Waals surface area contributed by atoms with Crippen molar-refractivity contribution in [2.75, 3.05) is 4.90 Å². The molecule has 1 aliphatic heterocycles. The predicted octanol–water partition coefficient (Wildman–Crippen LogP) is 4.64. The van der Waals surface area contributed by atoms with Gasteiger partial charge >= 0.3 is 0 Å². The van der Waals surface area contributed by atoms with Crippen molar-refractivity contribution in [1.82, 2.24) is 10.3 Å². The lowest BCUT2D eigenvalue weighted by atomic mass is 9.94. The van der Waals surface area contributed by atoms with Gasteiger partial charge in [0.1, 0.15) is 5.52 Å². The normalized spacial score (nSPS) is 13.9. The van der Waals surface area contributed by atoms with Crippen LogP contribution in [-0.4, -0.2) is 15.4 Å². The molecule has 0 amide bonds. The molecule has 1 N–H and O–H groups in total. The van der Waals surface area contributed by atoms with Crippen LogP contribution in [0.25, 0.3) is 22.2 Å².